The minimum absolute atomic E-state index is 0.514. The number of unbranched alkanes of at least 4 members (excludes halogenated alkanes) is 54. The van der Waals surface area contributed by atoms with Crippen molar-refractivity contribution in [1.29, 1.82) is 0 Å². The first-order chi connectivity index (χ1) is 34.6. The van der Waals surface area contributed by atoms with Gasteiger partial charge in [0.1, 0.15) is 11.6 Å². The molecular formula is C68H136O2. The minimum Gasteiger partial charge on any atom is -0.300 e. The average Bonchev–Trinajstić information content (AvgIpc) is 3.36. The topological polar surface area (TPSA) is 34.1 Å². The zero-order chi connectivity index (χ0) is 51.0. The van der Waals surface area contributed by atoms with Crippen LogP contribution in [0, 0.1) is 0 Å². The molecule has 70 heavy (non-hydrogen) atoms. The highest BCUT2D eigenvalue weighted by atomic mass is 16.1. The third-order valence-electron chi connectivity index (χ3n) is 15.7. The van der Waals surface area contributed by atoms with E-state index in [-0.39, 0.29) is 0 Å². The Morgan fingerprint density at radius 2 is 0.229 bits per heavy atom. The molecule has 0 aromatic carbocycles. The van der Waals surface area contributed by atoms with Crippen LogP contribution >= 0.6 is 0 Å². The summed E-state index contributed by atoms with van der Waals surface area (Å²) in [4.78, 5) is 24.0. The van der Waals surface area contributed by atoms with Crippen LogP contribution in [0.15, 0.2) is 0 Å². The van der Waals surface area contributed by atoms with Gasteiger partial charge in [0.05, 0.1) is 0 Å². The number of carbonyl (C=O) groups excluding carboxylic acids is 2. The second-order valence-corrected chi connectivity index (χ2v) is 23.2. The second-order valence-electron chi connectivity index (χ2n) is 23.2. The highest BCUT2D eigenvalue weighted by molar-refractivity contribution is 5.78. The van der Waals surface area contributed by atoms with E-state index in [1.54, 1.807) is 0 Å². The standard InChI is InChI=1S/C35H70O.C33H66O/c1-3-5-7-9-10-11-12-13-14-15-16-17-18-19-20-21-22-23-24-25-26-27-28-30-32-34-35(36)33-31-29-8-6-4-2;1-3-5-7-9-11-13-15-17-18-20-22-24-26-28-30-32-33(34)31-29-27-25-23-21-19-16-14-12-10-8-6-4-2/h3-34H2,1-2H3;3-32H2,1-2H3. The van der Waals surface area contributed by atoms with Crippen molar-refractivity contribution in [1.82, 2.24) is 0 Å². The molecule has 0 fully saturated rings. The van der Waals surface area contributed by atoms with E-state index in [1.807, 2.05) is 0 Å². The molecule has 2 heteroatoms. The first kappa shape index (κ1) is 71.4. The first-order valence-corrected chi connectivity index (χ1v) is 33.7. The van der Waals surface area contributed by atoms with Crippen LogP contribution in [-0.4, -0.2) is 11.6 Å². The summed E-state index contributed by atoms with van der Waals surface area (Å²) in [6.45, 7) is 9.13. The molecular weight excluding hydrogens is 849 g/mol. The lowest BCUT2D eigenvalue weighted by molar-refractivity contribution is -0.120. The van der Waals surface area contributed by atoms with E-state index in [9.17, 15) is 9.59 Å². The van der Waals surface area contributed by atoms with Crippen LogP contribution in [0.2, 0.25) is 0 Å². The van der Waals surface area contributed by atoms with E-state index in [4.69, 9.17) is 0 Å². The van der Waals surface area contributed by atoms with Gasteiger partial charge in [-0.05, 0) is 25.7 Å². The van der Waals surface area contributed by atoms with Crippen LogP contribution in [0.4, 0.5) is 0 Å². The zero-order valence-electron chi connectivity index (χ0n) is 49.7. The van der Waals surface area contributed by atoms with Crippen LogP contribution in [0.1, 0.15) is 426 Å². The van der Waals surface area contributed by atoms with Crippen LogP contribution < -0.4 is 0 Å². The van der Waals surface area contributed by atoms with Gasteiger partial charge in [-0.2, -0.15) is 0 Å². The quantitative estimate of drug-likeness (QED) is 0.0569. The van der Waals surface area contributed by atoms with Crippen molar-refractivity contribution in [2.24, 2.45) is 0 Å². The lowest BCUT2D eigenvalue weighted by Gasteiger charge is -2.04. The number of rotatable bonds is 62. The number of hydrogen-bond donors (Lipinski definition) is 0. The fraction of sp³-hybridized carbons (Fsp3) is 0.971. The molecule has 0 aliphatic carbocycles. The molecule has 0 rings (SSSR count). The SMILES string of the molecule is CCCCCCCCCCCCCCCCCC(=O)CCCCCCCCCCCCCCC.CCCCCCCCCCCCCCCCCCCCCCCCCCCC(=O)CCCCCCC. The first-order valence-electron chi connectivity index (χ1n) is 33.7. The Labute approximate surface area is 445 Å². The zero-order valence-corrected chi connectivity index (χ0v) is 49.7. The Balaban J connectivity index is 0. The summed E-state index contributed by atoms with van der Waals surface area (Å²) in [5.74, 6) is 1.04. The van der Waals surface area contributed by atoms with Gasteiger partial charge in [-0.3, -0.25) is 9.59 Å². The Morgan fingerprint density at radius 3 is 0.329 bits per heavy atom. The van der Waals surface area contributed by atoms with Crippen molar-refractivity contribution in [3.63, 3.8) is 0 Å². The molecule has 0 aromatic heterocycles. The van der Waals surface area contributed by atoms with Crippen molar-refractivity contribution in [3.8, 4) is 0 Å². The van der Waals surface area contributed by atoms with E-state index in [2.05, 4.69) is 27.7 Å². The van der Waals surface area contributed by atoms with Crippen LogP contribution in [0.25, 0.3) is 0 Å². The number of carbonyl (C=O) groups is 2. The molecule has 0 spiro atoms. The van der Waals surface area contributed by atoms with E-state index >= 15 is 0 Å². The van der Waals surface area contributed by atoms with Gasteiger partial charge in [0, 0.05) is 25.7 Å². The summed E-state index contributed by atoms with van der Waals surface area (Å²) in [5.41, 5.74) is 0. The molecule has 0 radical (unpaired) electrons. The maximum absolute atomic E-state index is 12.1. The Morgan fingerprint density at radius 1 is 0.143 bits per heavy atom. The summed E-state index contributed by atoms with van der Waals surface area (Å²) < 4.78 is 0. The number of hydrogen-bond acceptors (Lipinski definition) is 2. The highest BCUT2D eigenvalue weighted by Crippen LogP contribution is 2.19. The Hall–Kier alpha value is -0.660. The van der Waals surface area contributed by atoms with Crippen LogP contribution in [0.5, 0.6) is 0 Å². The van der Waals surface area contributed by atoms with Crippen molar-refractivity contribution in [2.45, 2.75) is 426 Å². The van der Waals surface area contributed by atoms with Crippen molar-refractivity contribution in [2.75, 3.05) is 0 Å². The maximum atomic E-state index is 12.1. The van der Waals surface area contributed by atoms with Gasteiger partial charge in [-0.25, -0.2) is 0 Å². The molecule has 0 aromatic rings. The molecule has 0 N–H and O–H groups in total. The van der Waals surface area contributed by atoms with E-state index in [0.29, 0.717) is 11.6 Å². The summed E-state index contributed by atoms with van der Waals surface area (Å²) in [5, 5.41) is 0. The average molecular weight is 986 g/mol. The molecule has 0 saturated heterocycles. The third kappa shape index (κ3) is 69.4. The Bertz CT molecular complexity index is 924. The maximum Gasteiger partial charge on any atom is 0.132 e. The molecule has 0 atom stereocenters. The lowest BCUT2D eigenvalue weighted by atomic mass is 10.0. The monoisotopic (exact) mass is 985 g/mol. The van der Waals surface area contributed by atoms with Crippen LogP contribution in [-0.2, 0) is 9.59 Å². The largest absolute Gasteiger partial charge is 0.300 e. The van der Waals surface area contributed by atoms with Gasteiger partial charge in [0.25, 0.3) is 0 Å². The normalized spacial score (nSPS) is 11.4. The molecule has 0 aliphatic rings. The Kier molecular flexibility index (Phi) is 69.7. The second kappa shape index (κ2) is 68.3. The predicted molar refractivity (Wildman–Crippen MR) is 319 cm³/mol. The fourth-order valence-corrected chi connectivity index (χ4v) is 10.7. The van der Waals surface area contributed by atoms with E-state index in [1.165, 1.54) is 347 Å². The van der Waals surface area contributed by atoms with Crippen LogP contribution in [0.3, 0.4) is 0 Å². The fourth-order valence-electron chi connectivity index (χ4n) is 10.7. The van der Waals surface area contributed by atoms with Crippen molar-refractivity contribution in [3.05, 3.63) is 0 Å². The summed E-state index contributed by atoms with van der Waals surface area (Å²) in [6, 6.07) is 0. The molecule has 420 valence electrons. The molecule has 0 unspecified atom stereocenters. The van der Waals surface area contributed by atoms with Crippen molar-refractivity contribution >= 4 is 11.6 Å². The van der Waals surface area contributed by atoms with E-state index in [0.717, 1.165) is 51.4 Å². The van der Waals surface area contributed by atoms with Gasteiger partial charge in [-0.1, -0.05) is 374 Å². The number of Topliss-reactive ketones (excluding diaryl/α,β-unsaturated/α-hetero) is 2. The summed E-state index contributed by atoms with van der Waals surface area (Å²) >= 11 is 0. The predicted octanol–water partition coefficient (Wildman–Crippen LogP) is 25.4. The van der Waals surface area contributed by atoms with Gasteiger partial charge in [0.2, 0.25) is 0 Å². The van der Waals surface area contributed by atoms with Gasteiger partial charge in [0.15, 0.2) is 0 Å². The smallest absolute Gasteiger partial charge is 0.132 e. The molecule has 0 amide bonds. The van der Waals surface area contributed by atoms with Gasteiger partial charge >= 0.3 is 0 Å². The molecule has 0 aliphatic heterocycles. The van der Waals surface area contributed by atoms with Gasteiger partial charge in [-0.15, -0.1) is 0 Å². The lowest BCUT2D eigenvalue weighted by Crippen LogP contribution is -1.97. The summed E-state index contributed by atoms with van der Waals surface area (Å²) in [6.07, 6.45) is 84.2. The minimum atomic E-state index is 0.514. The molecule has 2 nitrogen and oxygen atoms in total. The molecule has 0 heterocycles. The molecule has 0 saturated carbocycles. The third-order valence-corrected chi connectivity index (χ3v) is 15.7. The van der Waals surface area contributed by atoms with E-state index < -0.39 is 0 Å². The summed E-state index contributed by atoms with van der Waals surface area (Å²) in [7, 11) is 0. The number of ketones is 2. The molecule has 0 bridgehead atoms. The van der Waals surface area contributed by atoms with Crippen molar-refractivity contribution < 1.29 is 9.59 Å². The highest BCUT2D eigenvalue weighted by Gasteiger charge is 2.04. The van der Waals surface area contributed by atoms with Gasteiger partial charge < -0.3 is 0 Å².